The summed E-state index contributed by atoms with van der Waals surface area (Å²) in [6.07, 6.45) is 12.9. The minimum atomic E-state index is -0.159. The van der Waals surface area contributed by atoms with Crippen molar-refractivity contribution in [1.82, 2.24) is 0 Å². The van der Waals surface area contributed by atoms with Crippen LogP contribution < -0.4 is 4.90 Å². The van der Waals surface area contributed by atoms with Crippen molar-refractivity contribution >= 4 is 34.0 Å². The van der Waals surface area contributed by atoms with Gasteiger partial charge in [0.2, 0.25) is 0 Å². The van der Waals surface area contributed by atoms with Crippen LogP contribution in [0, 0.1) is 0 Å². The largest absolute Gasteiger partial charge is 0.456 e. The van der Waals surface area contributed by atoms with Gasteiger partial charge >= 0.3 is 0 Å². The van der Waals surface area contributed by atoms with Crippen LogP contribution in [0.4, 0.5) is 11.4 Å². The Morgan fingerprint density at radius 3 is 1.72 bits per heavy atom. The van der Waals surface area contributed by atoms with Crippen molar-refractivity contribution < 1.29 is 4.42 Å². The zero-order valence-electron chi connectivity index (χ0n) is 53.2. The van der Waals surface area contributed by atoms with E-state index < -0.39 is 0 Å². The second-order valence-electron chi connectivity index (χ2n) is 32.1. The molecular formula is C81H91NO. The van der Waals surface area contributed by atoms with Crippen molar-refractivity contribution in [3.8, 4) is 11.1 Å². The molecule has 0 spiro atoms. The van der Waals surface area contributed by atoms with E-state index in [1.165, 1.54) is 136 Å². The minimum Gasteiger partial charge on any atom is -0.456 e. The van der Waals surface area contributed by atoms with Crippen LogP contribution in [0.25, 0.3) is 33.7 Å². The highest BCUT2D eigenvalue weighted by Gasteiger charge is 2.61. The molecule has 2 heteroatoms. The van der Waals surface area contributed by atoms with Crippen molar-refractivity contribution in [2.45, 2.75) is 224 Å². The Morgan fingerprint density at radius 2 is 1.08 bits per heavy atom. The van der Waals surface area contributed by atoms with Gasteiger partial charge in [-0.3, -0.25) is 0 Å². The molecule has 4 unspecified atom stereocenters. The highest BCUT2D eigenvalue weighted by atomic mass is 16.3. The number of hydrogen-bond acceptors (Lipinski definition) is 2. The van der Waals surface area contributed by atoms with Crippen molar-refractivity contribution in [2.24, 2.45) is 0 Å². The van der Waals surface area contributed by atoms with Crippen LogP contribution in [0.15, 0.2) is 138 Å². The van der Waals surface area contributed by atoms with Crippen molar-refractivity contribution in [2.75, 3.05) is 4.90 Å². The topological polar surface area (TPSA) is 16.4 Å². The average molecular weight is 1090 g/mol. The molecule has 2 nitrogen and oxygen atoms in total. The first-order chi connectivity index (χ1) is 39.1. The van der Waals surface area contributed by atoms with Gasteiger partial charge in [-0.1, -0.05) is 220 Å². The summed E-state index contributed by atoms with van der Waals surface area (Å²) < 4.78 is 7.88. The average Bonchev–Trinajstić information content (AvgIpc) is 1.59. The smallest absolute Gasteiger partial charge is 0.140 e. The molecule has 8 aromatic rings. The van der Waals surface area contributed by atoms with Gasteiger partial charge in [0.1, 0.15) is 11.3 Å². The summed E-state index contributed by atoms with van der Waals surface area (Å²) in [4.78, 5) is 2.96. The fourth-order valence-electron chi connectivity index (χ4n) is 17.1. The van der Waals surface area contributed by atoms with Crippen LogP contribution >= 0.6 is 0 Å². The molecule has 4 atom stereocenters. The van der Waals surface area contributed by atoms with E-state index in [4.69, 9.17) is 4.42 Å². The molecular weight excluding hydrogens is 1000 g/mol. The van der Waals surface area contributed by atoms with Gasteiger partial charge in [-0.05, 0) is 210 Å². The fraction of sp³-hybridized carbons (Fsp3) is 0.432. The maximum Gasteiger partial charge on any atom is 0.140 e. The summed E-state index contributed by atoms with van der Waals surface area (Å²) in [5.41, 5.74) is 28.8. The van der Waals surface area contributed by atoms with Crippen LogP contribution in [0.3, 0.4) is 0 Å². The first kappa shape index (κ1) is 54.6. The molecule has 3 heterocycles. The molecule has 0 N–H and O–H groups in total. The summed E-state index contributed by atoms with van der Waals surface area (Å²) in [5.74, 6) is 1.04. The van der Waals surface area contributed by atoms with E-state index in [9.17, 15) is 0 Å². The molecule has 0 amide bonds. The molecule has 4 aliphatic carbocycles. The molecule has 1 saturated carbocycles. The zero-order chi connectivity index (χ0) is 58.3. The van der Waals surface area contributed by atoms with Gasteiger partial charge in [0, 0.05) is 45.1 Å². The lowest BCUT2D eigenvalue weighted by molar-refractivity contribution is 0.194. The van der Waals surface area contributed by atoms with Gasteiger partial charge in [-0.25, -0.2) is 0 Å². The second kappa shape index (κ2) is 18.1. The van der Waals surface area contributed by atoms with Gasteiger partial charge in [0.15, 0.2) is 0 Å². The molecule has 1 fully saturated rings. The predicted molar refractivity (Wildman–Crippen MR) is 352 cm³/mol. The van der Waals surface area contributed by atoms with Gasteiger partial charge in [0.25, 0.3) is 0 Å². The third kappa shape index (κ3) is 8.27. The lowest BCUT2D eigenvalue weighted by Crippen LogP contribution is -2.55. The van der Waals surface area contributed by atoms with E-state index in [1.54, 1.807) is 0 Å². The number of hydrogen-bond donors (Lipinski definition) is 0. The van der Waals surface area contributed by atoms with E-state index in [-0.39, 0.29) is 55.3 Å². The maximum atomic E-state index is 7.88. The van der Waals surface area contributed by atoms with Crippen molar-refractivity contribution in [1.29, 1.82) is 0 Å². The van der Waals surface area contributed by atoms with E-state index in [0.29, 0.717) is 0 Å². The molecule has 0 saturated heterocycles. The fourth-order valence-corrected chi connectivity index (χ4v) is 17.1. The Labute approximate surface area is 498 Å². The second-order valence-corrected chi connectivity index (χ2v) is 32.1. The maximum absolute atomic E-state index is 7.88. The Morgan fingerprint density at radius 1 is 0.506 bits per heavy atom. The summed E-state index contributed by atoms with van der Waals surface area (Å²) in [6, 6.07) is 54.0. The number of benzene rings is 7. The van der Waals surface area contributed by atoms with Crippen LogP contribution in [-0.4, -0.2) is 5.54 Å². The first-order valence-corrected chi connectivity index (χ1v) is 32.0. The molecule has 83 heavy (non-hydrogen) atoms. The van der Waals surface area contributed by atoms with Crippen LogP contribution in [0.2, 0.25) is 0 Å². The predicted octanol–water partition coefficient (Wildman–Crippen LogP) is 21.9. The summed E-state index contributed by atoms with van der Waals surface area (Å²) in [7, 11) is 0. The highest BCUT2D eigenvalue weighted by molar-refractivity contribution is 6.03. The third-order valence-corrected chi connectivity index (χ3v) is 22.9. The molecule has 426 valence electrons. The third-order valence-electron chi connectivity index (χ3n) is 22.9. The Balaban J connectivity index is 1.12. The Bertz CT molecular complexity index is 3990. The number of anilines is 2. The molecule has 14 rings (SSSR count). The summed E-state index contributed by atoms with van der Waals surface area (Å²) in [6.45, 7) is 39.1. The Kier molecular flexibility index (Phi) is 11.9. The molecule has 1 aromatic heterocycles. The van der Waals surface area contributed by atoms with Crippen molar-refractivity contribution in [3.63, 3.8) is 0 Å². The van der Waals surface area contributed by atoms with Crippen LogP contribution in [-0.2, 0) is 44.3 Å². The van der Waals surface area contributed by atoms with Crippen molar-refractivity contribution in [3.05, 3.63) is 223 Å². The number of fused-ring (bicyclic) bond motifs is 11. The molecule has 6 aliphatic rings. The molecule has 7 aromatic carbocycles. The highest BCUT2D eigenvalue weighted by Crippen LogP contribution is 2.69. The Hall–Kier alpha value is -6.38. The molecule has 2 aliphatic heterocycles. The van der Waals surface area contributed by atoms with E-state index in [1.807, 2.05) is 0 Å². The minimum absolute atomic E-state index is 0.0192. The number of furan rings is 1. The van der Waals surface area contributed by atoms with Gasteiger partial charge in [0.05, 0.1) is 5.54 Å². The molecule has 0 radical (unpaired) electrons. The monoisotopic (exact) mass is 1090 g/mol. The lowest BCUT2D eigenvalue weighted by atomic mass is 9.61. The van der Waals surface area contributed by atoms with Crippen LogP contribution in [0.1, 0.15) is 263 Å². The first-order valence-electron chi connectivity index (χ1n) is 32.0. The normalized spacial score (nSPS) is 23.4. The SMILES string of the molecule is CC(C)(C)c1ccc(CC(c2ccc(C(C)(C)C)cc2)c2cc3c4c(c2)N2c5c(cc(-c6ccccc6)cc5C5(C)CCCCC25C)C4c2c(oc4cc5c(cc24)C(C)(C)CCC5(C)C)C(c2ccc4c(c2)C(C)(C)CCC4(C)C)=C3)cc1. The van der Waals surface area contributed by atoms with E-state index in [2.05, 4.69) is 255 Å². The number of rotatable bonds is 6. The lowest BCUT2D eigenvalue weighted by Gasteiger charge is -2.52. The number of nitrogens with zero attached hydrogens (tertiary/aromatic N) is 1. The summed E-state index contributed by atoms with van der Waals surface area (Å²) >= 11 is 0. The van der Waals surface area contributed by atoms with Crippen LogP contribution in [0.5, 0.6) is 0 Å². The van der Waals surface area contributed by atoms with Gasteiger partial charge < -0.3 is 9.32 Å². The van der Waals surface area contributed by atoms with E-state index >= 15 is 0 Å². The molecule has 0 bridgehead atoms. The van der Waals surface area contributed by atoms with E-state index in [0.717, 1.165) is 49.9 Å². The van der Waals surface area contributed by atoms with Gasteiger partial charge in [-0.15, -0.1) is 0 Å². The zero-order valence-corrected chi connectivity index (χ0v) is 53.2. The summed E-state index contributed by atoms with van der Waals surface area (Å²) in [5, 5.41) is 1.28. The standard InChI is InChI=1S/C81H91NO/c1-74(2,3)56-29-24-49(25-30-56)40-58(51-26-31-57(32-27-51)75(4,5)6)54-41-55-43-59(52-28-33-62-63(44-52)77(9,10)37-36-76(62,7)8)73-71(60-47-64-65(48-68(60)83-73)79(13,14)39-38-78(64,11)12)70-61-42-53(50-22-18-17-19-23-50)45-66-72(61)82(67(46-54)69(55)70)81(16)35-21-20-34-80(66,81)15/h17-19,22-33,41-48,58,70H,20-21,34-40H2,1-16H3. The quantitative estimate of drug-likeness (QED) is 0.165. The van der Waals surface area contributed by atoms with Gasteiger partial charge in [-0.2, -0.15) is 0 Å².